The number of aromatic nitrogens is 1. The molecule has 340 valence electrons. The second kappa shape index (κ2) is 16.3. The van der Waals surface area contributed by atoms with E-state index in [0.717, 1.165) is 33.8 Å². The van der Waals surface area contributed by atoms with Crippen LogP contribution in [0, 0.1) is 0 Å². The van der Waals surface area contributed by atoms with Gasteiger partial charge in [-0.2, -0.15) is 0 Å². The number of para-hydroxylation sites is 5. The summed E-state index contributed by atoms with van der Waals surface area (Å²) in [6, 6.07) is 104. The van der Waals surface area contributed by atoms with E-state index < -0.39 is 5.41 Å². The maximum atomic E-state index is 2.53. The zero-order chi connectivity index (χ0) is 48.0. The maximum Gasteiger partial charge on any atom is 0.0754 e. The summed E-state index contributed by atoms with van der Waals surface area (Å²) in [5.74, 6) is 0. The van der Waals surface area contributed by atoms with E-state index in [1.165, 1.54) is 99.5 Å². The van der Waals surface area contributed by atoms with E-state index in [1.807, 2.05) is 0 Å². The number of anilines is 3. The highest BCUT2D eigenvalue weighted by atomic mass is 15.1. The van der Waals surface area contributed by atoms with Crippen molar-refractivity contribution in [2.45, 2.75) is 5.41 Å². The van der Waals surface area contributed by atoms with Crippen molar-refractivity contribution in [1.29, 1.82) is 0 Å². The molecule has 0 bridgehead atoms. The number of benzene rings is 12. The van der Waals surface area contributed by atoms with Gasteiger partial charge in [0.2, 0.25) is 0 Å². The fourth-order valence-corrected chi connectivity index (χ4v) is 12.8. The molecule has 0 radical (unpaired) electrons. The van der Waals surface area contributed by atoms with Crippen molar-refractivity contribution in [2.24, 2.45) is 0 Å². The lowest BCUT2D eigenvalue weighted by molar-refractivity contribution is 0.749. The lowest BCUT2D eigenvalue weighted by Gasteiger charge is -2.39. The standard InChI is InChI=1S/C71H46N2/c1-2-20-47(21-3-1)54-25-6-7-27-56(54)59-29-10-15-37-67(59)72(51-43-40-49(41-44-51)53-31-18-23-48-22-4-5-24-52(48)53)66-36-14-9-26-55(66)50-42-45-58-57-28-8-12-33-62(57)71(65(58)46-50)63-34-13-17-39-69(63)73-68-38-16-11-30-60(68)61-32-19-35-64(71)70(61)73/h1-46H. The first-order valence-corrected chi connectivity index (χ1v) is 25.3. The van der Waals surface area contributed by atoms with E-state index in [2.05, 4.69) is 289 Å². The molecule has 0 saturated heterocycles. The normalized spacial score (nSPS) is 14.1. The van der Waals surface area contributed by atoms with Crippen molar-refractivity contribution in [3.05, 3.63) is 301 Å². The van der Waals surface area contributed by atoms with Crippen LogP contribution < -0.4 is 4.90 Å². The monoisotopic (exact) mass is 926 g/mol. The first-order chi connectivity index (χ1) is 36.3. The van der Waals surface area contributed by atoms with Gasteiger partial charge in [0.25, 0.3) is 0 Å². The first kappa shape index (κ1) is 41.3. The zero-order valence-corrected chi connectivity index (χ0v) is 40.0. The minimum atomic E-state index is -0.567. The molecule has 1 atom stereocenters. The summed E-state index contributed by atoms with van der Waals surface area (Å²) in [7, 11) is 0. The number of rotatable bonds is 7. The molecule has 1 unspecified atom stereocenters. The molecule has 1 spiro atoms. The Kier molecular flexibility index (Phi) is 9.21. The van der Waals surface area contributed by atoms with Crippen LogP contribution in [0.4, 0.5) is 17.1 Å². The number of hydrogen-bond donors (Lipinski definition) is 0. The summed E-state index contributed by atoms with van der Waals surface area (Å²) in [6.07, 6.45) is 0. The molecule has 1 aromatic heterocycles. The minimum absolute atomic E-state index is 0.567. The quantitative estimate of drug-likeness (QED) is 0.155. The van der Waals surface area contributed by atoms with Gasteiger partial charge in [-0.15, -0.1) is 0 Å². The molecule has 2 heteroatoms. The molecular formula is C71H46N2. The molecular weight excluding hydrogens is 881 g/mol. The molecule has 13 aromatic rings. The molecule has 12 aromatic carbocycles. The first-order valence-electron chi connectivity index (χ1n) is 25.3. The van der Waals surface area contributed by atoms with Crippen molar-refractivity contribution >= 4 is 49.6 Å². The van der Waals surface area contributed by atoms with Gasteiger partial charge < -0.3 is 9.47 Å². The number of nitrogens with zero attached hydrogens (tertiary/aromatic N) is 2. The Morgan fingerprint density at radius 1 is 0.288 bits per heavy atom. The van der Waals surface area contributed by atoms with Crippen molar-refractivity contribution in [3.8, 4) is 61.3 Å². The van der Waals surface area contributed by atoms with Crippen LogP contribution in [0.5, 0.6) is 0 Å². The molecule has 0 fully saturated rings. The van der Waals surface area contributed by atoms with E-state index in [1.54, 1.807) is 0 Å². The lowest BCUT2D eigenvalue weighted by atomic mass is 9.65. The van der Waals surface area contributed by atoms with Gasteiger partial charge in [-0.3, -0.25) is 0 Å². The smallest absolute Gasteiger partial charge is 0.0754 e. The third-order valence-electron chi connectivity index (χ3n) is 15.8. The van der Waals surface area contributed by atoms with Crippen LogP contribution in [-0.2, 0) is 5.41 Å². The number of fused-ring (bicyclic) bond motifs is 13. The predicted molar refractivity (Wildman–Crippen MR) is 306 cm³/mol. The van der Waals surface area contributed by atoms with Gasteiger partial charge in [0.05, 0.1) is 33.5 Å². The lowest BCUT2D eigenvalue weighted by Crippen LogP contribution is -2.33. The third kappa shape index (κ3) is 6.05. The summed E-state index contributed by atoms with van der Waals surface area (Å²) in [5, 5.41) is 5.04. The van der Waals surface area contributed by atoms with Crippen LogP contribution in [0.2, 0.25) is 0 Å². The summed E-state index contributed by atoms with van der Waals surface area (Å²) >= 11 is 0. The molecule has 2 aliphatic rings. The average Bonchev–Trinajstić information content (AvgIpc) is 4.00. The van der Waals surface area contributed by atoms with Crippen molar-refractivity contribution in [2.75, 3.05) is 4.90 Å². The van der Waals surface area contributed by atoms with Gasteiger partial charge in [0, 0.05) is 27.6 Å². The Bertz CT molecular complexity index is 4330. The average molecular weight is 927 g/mol. The SMILES string of the molecule is c1ccc(-c2ccccc2-c2ccccc2N(c2ccc(-c3cccc4ccccc34)cc2)c2ccccc2-c2ccc3c(c2)C2(c4ccccc4-3)c3ccccc3-n3c4ccccc4c4cccc2c43)cc1. The molecule has 2 nitrogen and oxygen atoms in total. The van der Waals surface area contributed by atoms with Gasteiger partial charge >= 0.3 is 0 Å². The van der Waals surface area contributed by atoms with Crippen LogP contribution in [-0.4, -0.2) is 4.57 Å². The predicted octanol–water partition coefficient (Wildman–Crippen LogP) is 18.8. The van der Waals surface area contributed by atoms with Crippen LogP contribution in [0.1, 0.15) is 22.3 Å². The Hall–Kier alpha value is -9.50. The van der Waals surface area contributed by atoms with Gasteiger partial charge in [-0.05, 0) is 120 Å². The minimum Gasteiger partial charge on any atom is -0.309 e. The van der Waals surface area contributed by atoms with E-state index in [0.29, 0.717) is 0 Å². The molecule has 2 heterocycles. The molecule has 15 rings (SSSR count). The second-order valence-electron chi connectivity index (χ2n) is 19.5. The highest BCUT2D eigenvalue weighted by Gasteiger charge is 2.51. The fourth-order valence-electron chi connectivity index (χ4n) is 12.8. The van der Waals surface area contributed by atoms with Crippen molar-refractivity contribution < 1.29 is 0 Å². The molecule has 0 N–H and O–H groups in total. The Morgan fingerprint density at radius 2 is 0.822 bits per heavy atom. The van der Waals surface area contributed by atoms with Crippen LogP contribution in [0.3, 0.4) is 0 Å². The van der Waals surface area contributed by atoms with Gasteiger partial charge in [0.15, 0.2) is 0 Å². The largest absolute Gasteiger partial charge is 0.309 e. The highest BCUT2D eigenvalue weighted by Crippen LogP contribution is 2.62. The molecule has 0 saturated carbocycles. The summed E-state index contributed by atoms with van der Waals surface area (Å²) in [4.78, 5) is 2.49. The topological polar surface area (TPSA) is 8.17 Å². The zero-order valence-electron chi connectivity index (χ0n) is 40.0. The molecule has 0 amide bonds. The molecule has 1 aliphatic carbocycles. The Morgan fingerprint density at radius 3 is 1.66 bits per heavy atom. The van der Waals surface area contributed by atoms with E-state index in [4.69, 9.17) is 0 Å². The fraction of sp³-hybridized carbons (Fsp3) is 0.0141. The third-order valence-corrected chi connectivity index (χ3v) is 15.8. The van der Waals surface area contributed by atoms with Gasteiger partial charge in [-0.1, -0.05) is 237 Å². The Labute approximate surface area is 425 Å². The van der Waals surface area contributed by atoms with E-state index in [9.17, 15) is 0 Å². The second-order valence-corrected chi connectivity index (χ2v) is 19.5. The van der Waals surface area contributed by atoms with Crippen LogP contribution in [0.25, 0.3) is 93.9 Å². The summed E-state index contributed by atoms with van der Waals surface area (Å²) in [5.41, 5.74) is 23.7. The van der Waals surface area contributed by atoms with E-state index >= 15 is 0 Å². The Balaban J connectivity index is 0.970. The van der Waals surface area contributed by atoms with Crippen molar-refractivity contribution in [1.82, 2.24) is 4.57 Å². The van der Waals surface area contributed by atoms with Gasteiger partial charge in [0.1, 0.15) is 0 Å². The molecule has 73 heavy (non-hydrogen) atoms. The van der Waals surface area contributed by atoms with E-state index in [-0.39, 0.29) is 0 Å². The highest BCUT2D eigenvalue weighted by molar-refractivity contribution is 6.13. The summed E-state index contributed by atoms with van der Waals surface area (Å²) in [6.45, 7) is 0. The van der Waals surface area contributed by atoms with Crippen LogP contribution >= 0.6 is 0 Å². The maximum absolute atomic E-state index is 2.53. The van der Waals surface area contributed by atoms with Gasteiger partial charge in [-0.25, -0.2) is 0 Å². The number of hydrogen-bond acceptors (Lipinski definition) is 1. The summed E-state index contributed by atoms with van der Waals surface area (Å²) < 4.78 is 2.52. The van der Waals surface area contributed by atoms with Crippen LogP contribution in [0.15, 0.2) is 279 Å². The molecule has 1 aliphatic heterocycles. The van der Waals surface area contributed by atoms with Crippen molar-refractivity contribution in [3.63, 3.8) is 0 Å².